The predicted molar refractivity (Wildman–Crippen MR) is 80.5 cm³/mol. The summed E-state index contributed by atoms with van der Waals surface area (Å²) in [6.45, 7) is 3.88. The number of ether oxygens (including phenoxy) is 1. The van der Waals surface area contributed by atoms with Crippen LogP contribution in [0.15, 0.2) is 30.3 Å². The molecule has 5 nitrogen and oxygen atoms in total. The number of aromatic nitrogens is 2. The Balaban J connectivity index is 2.42. The van der Waals surface area contributed by atoms with E-state index in [4.69, 9.17) is 9.84 Å². The molecule has 0 aliphatic heterocycles. The van der Waals surface area contributed by atoms with Crippen LogP contribution in [0.1, 0.15) is 23.7 Å². The van der Waals surface area contributed by atoms with E-state index in [2.05, 4.69) is 12.0 Å². The van der Waals surface area contributed by atoms with Gasteiger partial charge in [-0.15, -0.1) is 0 Å². The van der Waals surface area contributed by atoms with Crippen molar-refractivity contribution in [2.75, 3.05) is 0 Å². The maximum Gasteiger partial charge on any atom is 0.328 e. The Morgan fingerprint density at radius 1 is 1.43 bits per heavy atom. The second-order valence-electron chi connectivity index (χ2n) is 4.66. The maximum atomic E-state index is 10.7. The third-order valence-corrected chi connectivity index (χ3v) is 3.17. The Kier molecular flexibility index (Phi) is 4.42. The van der Waals surface area contributed by atoms with Gasteiger partial charge in [-0.1, -0.05) is 25.1 Å². The molecule has 0 fully saturated rings. The van der Waals surface area contributed by atoms with Crippen LogP contribution in [-0.2, 0) is 18.3 Å². The molecule has 0 bridgehead atoms. The lowest BCUT2D eigenvalue weighted by Gasteiger charge is -2.10. The zero-order chi connectivity index (χ0) is 15.4. The first-order valence-electron chi connectivity index (χ1n) is 6.73. The van der Waals surface area contributed by atoms with Gasteiger partial charge in [-0.3, -0.25) is 0 Å². The molecule has 1 N–H and O–H groups in total. The van der Waals surface area contributed by atoms with Crippen LogP contribution in [0.2, 0.25) is 0 Å². The van der Waals surface area contributed by atoms with Crippen molar-refractivity contribution in [2.24, 2.45) is 7.05 Å². The van der Waals surface area contributed by atoms with Crippen molar-refractivity contribution in [1.82, 2.24) is 9.78 Å². The van der Waals surface area contributed by atoms with Crippen LogP contribution < -0.4 is 4.74 Å². The number of aryl methyl sites for hydroxylation is 3. The first-order chi connectivity index (χ1) is 10.0. The Morgan fingerprint density at radius 2 is 2.14 bits per heavy atom. The average molecular weight is 286 g/mol. The summed E-state index contributed by atoms with van der Waals surface area (Å²) in [7, 11) is 1.77. The lowest BCUT2D eigenvalue weighted by Crippen LogP contribution is -1.98. The fourth-order valence-electron chi connectivity index (χ4n) is 2.12. The smallest absolute Gasteiger partial charge is 0.328 e. The highest BCUT2D eigenvalue weighted by molar-refractivity contribution is 5.86. The number of hydrogen-bond acceptors (Lipinski definition) is 3. The molecule has 0 aliphatic rings. The molecule has 2 aromatic rings. The fraction of sp³-hybridized carbons (Fsp3) is 0.250. The van der Waals surface area contributed by atoms with Gasteiger partial charge in [0.2, 0.25) is 5.88 Å². The van der Waals surface area contributed by atoms with E-state index in [9.17, 15) is 4.79 Å². The molecule has 0 spiro atoms. The molecular weight excluding hydrogens is 268 g/mol. The molecule has 0 atom stereocenters. The number of carbonyl (C=O) groups is 1. The molecule has 2 rings (SSSR count). The Labute approximate surface area is 123 Å². The molecule has 5 heteroatoms. The van der Waals surface area contributed by atoms with E-state index in [-0.39, 0.29) is 0 Å². The van der Waals surface area contributed by atoms with Crippen molar-refractivity contribution in [3.05, 3.63) is 47.2 Å². The van der Waals surface area contributed by atoms with Gasteiger partial charge in [0.25, 0.3) is 0 Å². The number of carboxylic acids is 1. The molecule has 21 heavy (non-hydrogen) atoms. The summed E-state index contributed by atoms with van der Waals surface area (Å²) in [4.78, 5) is 10.7. The Morgan fingerprint density at radius 3 is 2.81 bits per heavy atom. The second-order valence-corrected chi connectivity index (χ2v) is 4.66. The van der Waals surface area contributed by atoms with Crippen LogP contribution >= 0.6 is 0 Å². The summed E-state index contributed by atoms with van der Waals surface area (Å²) < 4.78 is 7.59. The quantitative estimate of drug-likeness (QED) is 0.857. The van der Waals surface area contributed by atoms with Gasteiger partial charge >= 0.3 is 5.97 Å². The predicted octanol–water partition coefficient (Wildman–Crippen LogP) is 3.18. The van der Waals surface area contributed by atoms with E-state index in [0.717, 1.165) is 29.5 Å². The SMILES string of the molecule is CCc1ccccc1Oc1c(C=CC(=O)O)c(C)nn1C. The van der Waals surface area contributed by atoms with Crippen molar-refractivity contribution >= 4 is 12.0 Å². The number of benzene rings is 1. The number of carboxylic acid groups (broad SMARTS) is 1. The van der Waals surface area contributed by atoms with Gasteiger partial charge in [0.05, 0.1) is 11.3 Å². The van der Waals surface area contributed by atoms with Gasteiger partial charge in [0, 0.05) is 13.1 Å². The first-order valence-corrected chi connectivity index (χ1v) is 6.73. The van der Waals surface area contributed by atoms with Gasteiger partial charge < -0.3 is 9.84 Å². The van der Waals surface area contributed by atoms with Crippen LogP contribution in [0.4, 0.5) is 0 Å². The standard InChI is InChI=1S/C16H18N2O3/c1-4-12-7-5-6-8-14(12)21-16-13(9-10-15(19)20)11(2)17-18(16)3/h5-10H,4H2,1-3H3,(H,19,20). The number of para-hydroxylation sites is 1. The van der Waals surface area contributed by atoms with Crippen LogP contribution in [0, 0.1) is 6.92 Å². The van der Waals surface area contributed by atoms with E-state index < -0.39 is 5.97 Å². The molecular formula is C16H18N2O3. The number of rotatable bonds is 5. The monoisotopic (exact) mass is 286 g/mol. The molecule has 0 unspecified atom stereocenters. The molecule has 110 valence electrons. The number of nitrogens with zero attached hydrogens (tertiary/aromatic N) is 2. The Hall–Kier alpha value is -2.56. The van der Waals surface area contributed by atoms with Gasteiger partial charge in [0.15, 0.2) is 0 Å². The van der Waals surface area contributed by atoms with E-state index in [0.29, 0.717) is 11.4 Å². The third-order valence-electron chi connectivity index (χ3n) is 3.17. The van der Waals surface area contributed by atoms with E-state index in [1.165, 1.54) is 6.08 Å². The Bertz CT molecular complexity index is 687. The molecule has 0 saturated heterocycles. The van der Waals surface area contributed by atoms with E-state index in [1.807, 2.05) is 31.2 Å². The minimum absolute atomic E-state index is 0.533. The molecule has 1 aromatic carbocycles. The fourth-order valence-corrected chi connectivity index (χ4v) is 2.12. The summed E-state index contributed by atoms with van der Waals surface area (Å²) in [5, 5.41) is 13.1. The first kappa shape index (κ1) is 14.8. The van der Waals surface area contributed by atoms with Crippen molar-refractivity contribution in [1.29, 1.82) is 0 Å². The third kappa shape index (κ3) is 3.31. The molecule has 1 heterocycles. The summed E-state index contributed by atoms with van der Waals surface area (Å²) in [6.07, 6.45) is 3.45. The van der Waals surface area contributed by atoms with Crippen molar-refractivity contribution in [3.63, 3.8) is 0 Å². The zero-order valence-electron chi connectivity index (χ0n) is 12.3. The average Bonchev–Trinajstić information content (AvgIpc) is 2.71. The van der Waals surface area contributed by atoms with Gasteiger partial charge in [0.1, 0.15) is 5.75 Å². The highest BCUT2D eigenvalue weighted by Gasteiger charge is 2.14. The molecule has 0 radical (unpaired) electrons. The van der Waals surface area contributed by atoms with E-state index in [1.54, 1.807) is 11.7 Å². The highest BCUT2D eigenvalue weighted by atomic mass is 16.5. The summed E-state index contributed by atoms with van der Waals surface area (Å²) >= 11 is 0. The summed E-state index contributed by atoms with van der Waals surface area (Å²) in [5.41, 5.74) is 2.48. The maximum absolute atomic E-state index is 10.7. The number of aliphatic carboxylic acids is 1. The van der Waals surface area contributed by atoms with Gasteiger partial charge in [-0.25, -0.2) is 9.48 Å². The van der Waals surface area contributed by atoms with Crippen molar-refractivity contribution < 1.29 is 14.6 Å². The topological polar surface area (TPSA) is 64.3 Å². The van der Waals surface area contributed by atoms with Crippen LogP contribution in [0.5, 0.6) is 11.6 Å². The van der Waals surface area contributed by atoms with Crippen molar-refractivity contribution in [3.8, 4) is 11.6 Å². The van der Waals surface area contributed by atoms with Crippen molar-refractivity contribution in [2.45, 2.75) is 20.3 Å². The lowest BCUT2D eigenvalue weighted by atomic mass is 10.1. The molecule has 0 saturated carbocycles. The summed E-state index contributed by atoms with van der Waals surface area (Å²) in [5.74, 6) is 0.289. The molecule has 1 aromatic heterocycles. The minimum Gasteiger partial charge on any atom is -0.478 e. The normalized spacial score (nSPS) is 11.0. The minimum atomic E-state index is -1.00. The molecule has 0 amide bonds. The second kappa shape index (κ2) is 6.26. The van der Waals surface area contributed by atoms with Crippen LogP contribution in [-0.4, -0.2) is 20.9 Å². The van der Waals surface area contributed by atoms with Crippen LogP contribution in [0.3, 0.4) is 0 Å². The number of hydrogen-bond donors (Lipinski definition) is 1. The lowest BCUT2D eigenvalue weighted by molar-refractivity contribution is -0.131. The van der Waals surface area contributed by atoms with E-state index >= 15 is 0 Å². The van der Waals surface area contributed by atoms with Crippen LogP contribution in [0.25, 0.3) is 6.08 Å². The van der Waals surface area contributed by atoms with Gasteiger partial charge in [-0.05, 0) is 31.1 Å². The summed E-state index contributed by atoms with van der Waals surface area (Å²) in [6, 6.07) is 7.77. The molecule has 0 aliphatic carbocycles. The largest absolute Gasteiger partial charge is 0.478 e. The highest BCUT2D eigenvalue weighted by Crippen LogP contribution is 2.30. The zero-order valence-corrected chi connectivity index (χ0v) is 12.3. The van der Waals surface area contributed by atoms with Gasteiger partial charge in [-0.2, -0.15) is 5.10 Å².